The lowest BCUT2D eigenvalue weighted by molar-refractivity contribution is 0.292. The monoisotopic (exact) mass is 292 g/mol. The first-order valence-electron chi connectivity index (χ1n) is 7.71. The maximum absolute atomic E-state index is 3.26. The highest BCUT2D eigenvalue weighted by atomic mass is 15.7. The maximum Gasteiger partial charge on any atom is 0.0832 e. The SMILES string of the molecule is CC1=C2c3ccccc3N(Cc3ccccc3)CCN2NN1. The third-order valence-electron chi connectivity index (χ3n) is 4.31. The minimum atomic E-state index is 0.936. The van der Waals surface area contributed by atoms with Crippen molar-refractivity contribution in [3.63, 3.8) is 0 Å². The van der Waals surface area contributed by atoms with E-state index in [1.807, 2.05) is 0 Å². The molecular formula is C18H20N4. The number of para-hydroxylation sites is 1. The van der Waals surface area contributed by atoms with Crippen LogP contribution in [0.2, 0.25) is 0 Å². The summed E-state index contributed by atoms with van der Waals surface area (Å²) in [4.78, 5) is 2.46. The Morgan fingerprint density at radius 2 is 1.73 bits per heavy atom. The van der Waals surface area contributed by atoms with Crippen molar-refractivity contribution in [2.45, 2.75) is 13.5 Å². The van der Waals surface area contributed by atoms with Crippen molar-refractivity contribution in [3.05, 3.63) is 71.4 Å². The maximum atomic E-state index is 3.26. The summed E-state index contributed by atoms with van der Waals surface area (Å²) in [6.07, 6.45) is 0. The van der Waals surface area contributed by atoms with Gasteiger partial charge in [-0.15, -0.1) is 5.53 Å². The van der Waals surface area contributed by atoms with Crippen LogP contribution in [0.25, 0.3) is 5.70 Å². The molecule has 112 valence electrons. The summed E-state index contributed by atoms with van der Waals surface area (Å²) in [6.45, 7) is 4.98. The zero-order chi connectivity index (χ0) is 14.9. The Morgan fingerprint density at radius 1 is 0.955 bits per heavy atom. The summed E-state index contributed by atoms with van der Waals surface area (Å²) in [5, 5.41) is 2.21. The molecule has 4 rings (SSSR count). The molecule has 0 aliphatic carbocycles. The predicted octanol–water partition coefficient (Wildman–Crippen LogP) is 2.72. The van der Waals surface area contributed by atoms with E-state index in [4.69, 9.17) is 0 Å². The molecule has 2 aromatic carbocycles. The van der Waals surface area contributed by atoms with Crippen LogP contribution in [0.15, 0.2) is 60.3 Å². The zero-order valence-electron chi connectivity index (χ0n) is 12.7. The number of benzene rings is 2. The van der Waals surface area contributed by atoms with Gasteiger partial charge in [0.05, 0.1) is 17.9 Å². The van der Waals surface area contributed by atoms with Crippen molar-refractivity contribution in [3.8, 4) is 0 Å². The number of nitrogens with one attached hydrogen (secondary N) is 2. The van der Waals surface area contributed by atoms with Gasteiger partial charge < -0.3 is 10.3 Å². The van der Waals surface area contributed by atoms with Crippen LogP contribution in [-0.4, -0.2) is 18.1 Å². The first-order valence-corrected chi connectivity index (χ1v) is 7.71. The van der Waals surface area contributed by atoms with E-state index in [9.17, 15) is 0 Å². The highest BCUT2D eigenvalue weighted by molar-refractivity contribution is 5.79. The molecule has 0 saturated carbocycles. The van der Waals surface area contributed by atoms with Crippen LogP contribution in [0.5, 0.6) is 0 Å². The molecule has 2 aliphatic heterocycles. The molecule has 0 radical (unpaired) electrons. The summed E-state index contributed by atoms with van der Waals surface area (Å²) in [5.74, 6) is 0. The Hall–Kier alpha value is -2.46. The summed E-state index contributed by atoms with van der Waals surface area (Å²) >= 11 is 0. The van der Waals surface area contributed by atoms with E-state index >= 15 is 0 Å². The molecule has 4 heteroatoms. The third kappa shape index (κ3) is 2.22. The second kappa shape index (κ2) is 5.39. The average Bonchev–Trinajstić information content (AvgIpc) is 2.85. The molecule has 4 nitrogen and oxygen atoms in total. The number of anilines is 1. The molecular weight excluding hydrogens is 272 g/mol. The van der Waals surface area contributed by atoms with Gasteiger partial charge >= 0.3 is 0 Å². The second-order valence-electron chi connectivity index (χ2n) is 5.79. The zero-order valence-corrected chi connectivity index (χ0v) is 12.7. The lowest BCUT2D eigenvalue weighted by Gasteiger charge is -2.25. The van der Waals surface area contributed by atoms with E-state index in [2.05, 4.69) is 82.4 Å². The topological polar surface area (TPSA) is 30.5 Å². The smallest absolute Gasteiger partial charge is 0.0832 e. The Balaban J connectivity index is 1.75. The predicted molar refractivity (Wildman–Crippen MR) is 89.5 cm³/mol. The Kier molecular flexibility index (Phi) is 3.24. The van der Waals surface area contributed by atoms with E-state index < -0.39 is 0 Å². The van der Waals surface area contributed by atoms with Gasteiger partial charge in [-0.05, 0) is 18.6 Å². The van der Waals surface area contributed by atoms with Gasteiger partial charge in [0.15, 0.2) is 0 Å². The van der Waals surface area contributed by atoms with E-state index in [-0.39, 0.29) is 0 Å². The molecule has 0 bridgehead atoms. The van der Waals surface area contributed by atoms with Gasteiger partial charge in [-0.1, -0.05) is 48.5 Å². The fraction of sp³-hybridized carbons (Fsp3) is 0.222. The molecule has 0 saturated heterocycles. The number of rotatable bonds is 2. The minimum absolute atomic E-state index is 0.936. The summed E-state index contributed by atoms with van der Waals surface area (Å²) in [7, 11) is 0. The lowest BCUT2D eigenvalue weighted by Crippen LogP contribution is -2.40. The molecule has 22 heavy (non-hydrogen) atoms. The van der Waals surface area contributed by atoms with Crippen LogP contribution in [0.1, 0.15) is 18.1 Å². The molecule has 2 N–H and O–H groups in total. The first-order chi connectivity index (χ1) is 10.8. The van der Waals surface area contributed by atoms with Crippen LogP contribution >= 0.6 is 0 Å². The molecule has 0 unspecified atom stereocenters. The van der Waals surface area contributed by atoms with Crippen molar-refractivity contribution in [2.75, 3.05) is 18.0 Å². The fourth-order valence-electron chi connectivity index (χ4n) is 3.24. The van der Waals surface area contributed by atoms with Crippen LogP contribution in [0, 0.1) is 0 Å². The molecule has 0 amide bonds. The van der Waals surface area contributed by atoms with Gasteiger partial charge in [-0.2, -0.15) is 0 Å². The van der Waals surface area contributed by atoms with Crippen LogP contribution in [0.4, 0.5) is 5.69 Å². The molecule has 2 heterocycles. The number of hydrogen-bond acceptors (Lipinski definition) is 4. The summed E-state index contributed by atoms with van der Waals surface area (Å²) in [5.41, 5.74) is 12.8. The van der Waals surface area contributed by atoms with Gasteiger partial charge in [0.2, 0.25) is 0 Å². The van der Waals surface area contributed by atoms with E-state index in [1.165, 1.54) is 28.2 Å². The lowest BCUT2D eigenvalue weighted by atomic mass is 10.1. The van der Waals surface area contributed by atoms with Gasteiger partial charge in [0.25, 0.3) is 0 Å². The summed E-state index contributed by atoms with van der Waals surface area (Å²) < 4.78 is 0. The van der Waals surface area contributed by atoms with Crippen LogP contribution in [0.3, 0.4) is 0 Å². The second-order valence-corrected chi connectivity index (χ2v) is 5.79. The van der Waals surface area contributed by atoms with Crippen molar-refractivity contribution >= 4 is 11.4 Å². The quantitative estimate of drug-likeness (QED) is 0.891. The van der Waals surface area contributed by atoms with Gasteiger partial charge in [-0.3, -0.25) is 5.01 Å². The number of nitrogens with zero attached hydrogens (tertiary/aromatic N) is 2. The van der Waals surface area contributed by atoms with Crippen molar-refractivity contribution in [2.24, 2.45) is 0 Å². The van der Waals surface area contributed by atoms with Crippen molar-refractivity contribution < 1.29 is 0 Å². The van der Waals surface area contributed by atoms with Gasteiger partial charge in [-0.25, -0.2) is 0 Å². The van der Waals surface area contributed by atoms with E-state index in [0.717, 1.165) is 19.6 Å². The Labute approximate surface area is 131 Å². The third-order valence-corrected chi connectivity index (χ3v) is 4.31. The Morgan fingerprint density at radius 3 is 2.59 bits per heavy atom. The standard InChI is InChI=1S/C18H20N4/c1-14-18-16-9-5-6-10-17(16)21(11-12-22(18)20-19-14)13-15-7-3-2-4-8-15/h2-10,19-20H,11-13H2,1H3. The van der Waals surface area contributed by atoms with E-state index in [0.29, 0.717) is 0 Å². The number of fused-ring (bicyclic) bond motifs is 3. The van der Waals surface area contributed by atoms with Crippen LogP contribution < -0.4 is 15.9 Å². The number of hydrazine groups is 2. The normalized spacial score (nSPS) is 17.0. The first kappa shape index (κ1) is 13.2. The molecule has 2 aliphatic rings. The van der Waals surface area contributed by atoms with Crippen molar-refractivity contribution in [1.29, 1.82) is 0 Å². The van der Waals surface area contributed by atoms with Crippen molar-refractivity contribution in [1.82, 2.24) is 16.0 Å². The molecule has 0 fully saturated rings. The largest absolute Gasteiger partial charge is 0.365 e. The van der Waals surface area contributed by atoms with Gasteiger partial charge in [0.1, 0.15) is 0 Å². The highest BCUT2D eigenvalue weighted by Gasteiger charge is 2.28. The molecule has 2 aromatic rings. The number of allylic oxidation sites excluding steroid dienone is 1. The van der Waals surface area contributed by atoms with Crippen LogP contribution in [-0.2, 0) is 6.54 Å². The number of hydrogen-bond donors (Lipinski definition) is 2. The molecule has 0 aromatic heterocycles. The van der Waals surface area contributed by atoms with Gasteiger partial charge in [0, 0.05) is 24.3 Å². The summed E-state index contributed by atoms with van der Waals surface area (Å²) in [6, 6.07) is 19.3. The minimum Gasteiger partial charge on any atom is -0.365 e. The molecule has 0 atom stereocenters. The Bertz CT molecular complexity index is 708. The molecule has 0 spiro atoms. The fourth-order valence-corrected chi connectivity index (χ4v) is 3.24. The highest BCUT2D eigenvalue weighted by Crippen LogP contribution is 2.35. The average molecular weight is 292 g/mol. The van der Waals surface area contributed by atoms with E-state index in [1.54, 1.807) is 0 Å².